The molecule has 0 atom stereocenters. The van der Waals surface area contributed by atoms with Crippen LogP contribution in [0.3, 0.4) is 0 Å². The SMILES string of the molecule is CNc1nn(-c2ccc(Cl)cc2)nc1C#N. The molecule has 1 N–H and O–H groups in total. The van der Waals surface area contributed by atoms with Crippen molar-refractivity contribution in [3.05, 3.63) is 35.0 Å². The van der Waals surface area contributed by atoms with E-state index < -0.39 is 0 Å². The Bertz CT molecular complexity index is 537. The zero-order valence-electron chi connectivity index (χ0n) is 8.48. The number of halogens is 1. The molecule has 1 aromatic heterocycles. The van der Waals surface area contributed by atoms with Gasteiger partial charge in [-0.3, -0.25) is 0 Å². The van der Waals surface area contributed by atoms with E-state index in [2.05, 4.69) is 15.5 Å². The zero-order chi connectivity index (χ0) is 11.5. The van der Waals surface area contributed by atoms with Crippen LogP contribution >= 0.6 is 11.6 Å². The van der Waals surface area contributed by atoms with Crippen molar-refractivity contribution < 1.29 is 0 Å². The molecule has 0 spiro atoms. The molecule has 2 rings (SSSR count). The largest absolute Gasteiger partial charge is 0.369 e. The van der Waals surface area contributed by atoms with Crippen LogP contribution in [0, 0.1) is 11.3 Å². The van der Waals surface area contributed by atoms with Crippen molar-refractivity contribution in [3.8, 4) is 11.8 Å². The third-order valence-electron chi connectivity index (χ3n) is 2.01. The lowest BCUT2D eigenvalue weighted by Crippen LogP contribution is -1.99. The first-order valence-electron chi connectivity index (χ1n) is 4.55. The molecule has 0 unspecified atom stereocenters. The Morgan fingerprint density at radius 1 is 1.31 bits per heavy atom. The number of anilines is 1. The van der Waals surface area contributed by atoms with Crippen molar-refractivity contribution in [3.63, 3.8) is 0 Å². The first kappa shape index (κ1) is 10.5. The molecule has 0 amide bonds. The van der Waals surface area contributed by atoms with Crippen LogP contribution in [0.15, 0.2) is 24.3 Å². The molecule has 2 aromatic rings. The summed E-state index contributed by atoms with van der Waals surface area (Å²) in [4.78, 5) is 1.39. The molecule has 6 heteroatoms. The van der Waals surface area contributed by atoms with Gasteiger partial charge in [0.05, 0.1) is 5.69 Å². The van der Waals surface area contributed by atoms with Gasteiger partial charge in [0.2, 0.25) is 5.69 Å². The van der Waals surface area contributed by atoms with Crippen molar-refractivity contribution in [1.82, 2.24) is 15.0 Å². The number of aromatic nitrogens is 3. The van der Waals surface area contributed by atoms with E-state index in [1.807, 2.05) is 6.07 Å². The van der Waals surface area contributed by atoms with Crippen LogP contribution in [-0.4, -0.2) is 22.0 Å². The summed E-state index contributed by atoms with van der Waals surface area (Å²) in [5.74, 6) is 0.456. The number of nitrogens with one attached hydrogen (secondary N) is 1. The van der Waals surface area contributed by atoms with Crippen LogP contribution in [0.4, 0.5) is 5.82 Å². The molecule has 0 aliphatic carbocycles. The maximum Gasteiger partial charge on any atom is 0.207 e. The van der Waals surface area contributed by atoms with Gasteiger partial charge >= 0.3 is 0 Å². The number of benzene rings is 1. The summed E-state index contributed by atoms with van der Waals surface area (Å²) >= 11 is 5.78. The minimum absolute atomic E-state index is 0.262. The second-order valence-electron chi connectivity index (χ2n) is 3.02. The lowest BCUT2D eigenvalue weighted by atomic mass is 10.3. The summed E-state index contributed by atoms with van der Waals surface area (Å²) in [7, 11) is 1.69. The van der Waals surface area contributed by atoms with E-state index >= 15 is 0 Å². The van der Waals surface area contributed by atoms with Crippen molar-refractivity contribution >= 4 is 17.4 Å². The van der Waals surface area contributed by atoms with Gasteiger partial charge in [-0.15, -0.1) is 15.0 Å². The molecule has 16 heavy (non-hydrogen) atoms. The van der Waals surface area contributed by atoms with Gasteiger partial charge in [-0.05, 0) is 24.3 Å². The number of hydrogen-bond donors (Lipinski definition) is 1. The topological polar surface area (TPSA) is 66.5 Å². The Kier molecular flexibility index (Phi) is 2.75. The van der Waals surface area contributed by atoms with E-state index in [0.29, 0.717) is 10.8 Å². The van der Waals surface area contributed by atoms with Crippen molar-refractivity contribution in [2.24, 2.45) is 0 Å². The van der Waals surface area contributed by atoms with Gasteiger partial charge in [0.15, 0.2) is 5.82 Å². The standard InChI is InChI=1S/C10H8ClN5/c1-13-10-9(6-12)14-16(15-10)8-4-2-7(11)3-5-8/h2-5H,1H3,(H,13,15). The molecule has 1 heterocycles. The summed E-state index contributed by atoms with van der Waals surface area (Å²) in [6.07, 6.45) is 0. The third kappa shape index (κ3) is 1.83. The molecule has 0 fully saturated rings. The predicted molar refractivity (Wildman–Crippen MR) is 60.6 cm³/mol. The molecule has 0 radical (unpaired) electrons. The van der Waals surface area contributed by atoms with Crippen LogP contribution in [0.25, 0.3) is 5.69 Å². The molecule has 0 saturated heterocycles. The van der Waals surface area contributed by atoms with Crippen LogP contribution in [0.2, 0.25) is 5.02 Å². The smallest absolute Gasteiger partial charge is 0.207 e. The molecular weight excluding hydrogens is 226 g/mol. The van der Waals surface area contributed by atoms with Crippen molar-refractivity contribution in [2.45, 2.75) is 0 Å². The fraction of sp³-hybridized carbons (Fsp3) is 0.100. The molecule has 5 nitrogen and oxygen atoms in total. The van der Waals surface area contributed by atoms with Gasteiger partial charge in [-0.2, -0.15) is 5.26 Å². The summed E-state index contributed by atoms with van der Waals surface area (Å²) in [6, 6.07) is 9.01. The Hall–Kier alpha value is -2.06. The minimum atomic E-state index is 0.262. The average molecular weight is 234 g/mol. The van der Waals surface area contributed by atoms with Crippen molar-refractivity contribution in [1.29, 1.82) is 5.26 Å². The summed E-state index contributed by atoms with van der Waals surface area (Å²) < 4.78 is 0. The molecular formula is C10H8ClN5. The highest BCUT2D eigenvalue weighted by Crippen LogP contribution is 2.14. The maximum absolute atomic E-state index is 8.83. The van der Waals surface area contributed by atoms with Gasteiger partial charge in [0, 0.05) is 12.1 Å². The van der Waals surface area contributed by atoms with Gasteiger partial charge in [0.1, 0.15) is 6.07 Å². The molecule has 0 aliphatic rings. The maximum atomic E-state index is 8.83. The summed E-state index contributed by atoms with van der Waals surface area (Å²) in [5, 5.41) is 20.4. The van der Waals surface area contributed by atoms with E-state index in [-0.39, 0.29) is 5.69 Å². The van der Waals surface area contributed by atoms with Crippen molar-refractivity contribution in [2.75, 3.05) is 12.4 Å². The van der Waals surface area contributed by atoms with Crippen LogP contribution in [0.1, 0.15) is 5.69 Å². The number of nitrogens with zero attached hydrogens (tertiary/aromatic N) is 4. The highest BCUT2D eigenvalue weighted by atomic mass is 35.5. The highest BCUT2D eigenvalue weighted by molar-refractivity contribution is 6.30. The first-order valence-corrected chi connectivity index (χ1v) is 4.93. The van der Waals surface area contributed by atoms with Gasteiger partial charge < -0.3 is 5.32 Å². The van der Waals surface area contributed by atoms with Crippen LogP contribution in [0.5, 0.6) is 0 Å². The van der Waals surface area contributed by atoms with Gasteiger partial charge in [0.25, 0.3) is 0 Å². The van der Waals surface area contributed by atoms with E-state index in [0.717, 1.165) is 5.69 Å². The van der Waals surface area contributed by atoms with E-state index in [4.69, 9.17) is 16.9 Å². The molecule has 80 valence electrons. The monoisotopic (exact) mass is 233 g/mol. The zero-order valence-corrected chi connectivity index (χ0v) is 9.23. The molecule has 1 aromatic carbocycles. The fourth-order valence-electron chi connectivity index (χ4n) is 1.24. The van der Waals surface area contributed by atoms with E-state index in [1.54, 1.807) is 31.3 Å². The molecule has 0 bridgehead atoms. The first-order chi connectivity index (χ1) is 7.74. The number of rotatable bonds is 2. The number of hydrogen-bond acceptors (Lipinski definition) is 4. The lowest BCUT2D eigenvalue weighted by Gasteiger charge is -1.98. The normalized spacial score (nSPS) is 9.81. The Morgan fingerprint density at radius 2 is 2.00 bits per heavy atom. The van der Waals surface area contributed by atoms with E-state index in [9.17, 15) is 0 Å². The summed E-state index contributed by atoms with van der Waals surface area (Å²) in [5.41, 5.74) is 1.01. The Morgan fingerprint density at radius 3 is 2.50 bits per heavy atom. The van der Waals surface area contributed by atoms with Gasteiger partial charge in [-0.1, -0.05) is 11.6 Å². The Balaban J connectivity index is 2.45. The van der Waals surface area contributed by atoms with E-state index in [1.165, 1.54) is 4.80 Å². The Labute approximate surface area is 97.3 Å². The summed E-state index contributed by atoms with van der Waals surface area (Å²) in [6.45, 7) is 0. The quantitative estimate of drug-likeness (QED) is 0.860. The predicted octanol–water partition coefficient (Wildman–Crippen LogP) is 1.83. The molecule has 0 saturated carbocycles. The van der Waals surface area contributed by atoms with Crippen LogP contribution in [-0.2, 0) is 0 Å². The second-order valence-corrected chi connectivity index (χ2v) is 3.46. The number of nitriles is 1. The minimum Gasteiger partial charge on any atom is -0.369 e. The van der Waals surface area contributed by atoms with Crippen LogP contribution < -0.4 is 5.32 Å². The fourth-order valence-corrected chi connectivity index (χ4v) is 1.37. The average Bonchev–Trinajstić information content (AvgIpc) is 2.73. The highest BCUT2D eigenvalue weighted by Gasteiger charge is 2.09. The second kappa shape index (κ2) is 4.21. The third-order valence-corrected chi connectivity index (χ3v) is 2.27. The lowest BCUT2D eigenvalue weighted by molar-refractivity contribution is 0.751. The molecule has 0 aliphatic heterocycles. The van der Waals surface area contributed by atoms with Gasteiger partial charge in [-0.25, -0.2) is 0 Å².